The first-order valence-corrected chi connectivity index (χ1v) is 4.88. The van der Waals surface area contributed by atoms with Crippen LogP contribution >= 0.6 is 0 Å². The molecule has 0 nitrogen and oxygen atoms in total. The molecule has 1 rings (SSSR count). The van der Waals surface area contributed by atoms with Gasteiger partial charge >= 0.3 is 0 Å². The molecule has 0 unspecified atom stereocenters. The second-order valence-electron chi connectivity index (χ2n) is 4.52. The maximum absolute atomic E-state index is 4.16. The Kier molecular flexibility index (Phi) is 2.95. The predicted octanol–water partition coefficient (Wildman–Crippen LogP) is 4.39. The second kappa shape index (κ2) is 3.83. The van der Waals surface area contributed by atoms with Crippen molar-refractivity contribution in [1.29, 1.82) is 0 Å². The minimum atomic E-state index is 0.110. The van der Waals surface area contributed by atoms with Crippen molar-refractivity contribution >= 4 is 11.6 Å². The monoisotopic (exact) mass is 186 g/mol. The minimum absolute atomic E-state index is 0.110. The third-order valence-electron chi connectivity index (χ3n) is 2.41. The highest BCUT2D eigenvalue weighted by Crippen LogP contribution is 2.34. The topological polar surface area (TPSA) is 0 Å². The summed E-state index contributed by atoms with van der Waals surface area (Å²) in [6.45, 7) is 14.5. The first kappa shape index (κ1) is 10.8. The molecular weight excluding hydrogens is 168 g/mol. The summed E-state index contributed by atoms with van der Waals surface area (Å²) in [5, 5.41) is 0. The maximum atomic E-state index is 4.16. The smallest absolute Gasteiger partial charge is 0.0132 e. The molecule has 0 saturated carbocycles. The van der Waals surface area contributed by atoms with Crippen molar-refractivity contribution < 1.29 is 0 Å². The lowest BCUT2D eigenvalue weighted by atomic mass is 9.81. The molecule has 0 aromatic heterocycles. The fourth-order valence-electron chi connectivity index (χ4n) is 1.35. The van der Waals surface area contributed by atoms with Crippen molar-refractivity contribution in [1.82, 2.24) is 0 Å². The summed E-state index contributed by atoms with van der Waals surface area (Å²) in [4.78, 5) is 0. The largest absolute Gasteiger partial charge is 0.0984 e. The van der Waals surface area contributed by atoms with Gasteiger partial charge in [-0.3, -0.25) is 0 Å². The summed E-state index contributed by atoms with van der Waals surface area (Å²) in [6.07, 6.45) is 1.88. The molecule has 0 aliphatic rings. The molecule has 1 aromatic rings. The molecule has 0 aliphatic heterocycles. The van der Waals surface area contributed by atoms with Crippen molar-refractivity contribution in [2.75, 3.05) is 0 Å². The van der Waals surface area contributed by atoms with E-state index in [-0.39, 0.29) is 5.41 Å². The molecule has 0 heteroatoms. The van der Waals surface area contributed by atoms with Gasteiger partial charge in [-0.15, -0.1) is 0 Å². The minimum Gasteiger partial charge on any atom is -0.0984 e. The van der Waals surface area contributed by atoms with E-state index in [1.165, 1.54) is 5.56 Å². The Morgan fingerprint density at radius 3 is 2.29 bits per heavy atom. The maximum Gasteiger partial charge on any atom is -0.0132 e. The third-order valence-corrected chi connectivity index (χ3v) is 2.41. The highest BCUT2D eigenvalue weighted by atomic mass is 14.2. The molecule has 0 N–H and O–H groups in total. The molecule has 0 saturated heterocycles. The van der Waals surface area contributed by atoms with Gasteiger partial charge in [-0.2, -0.15) is 0 Å². The summed E-state index contributed by atoms with van der Waals surface area (Å²) in [5.74, 6) is 0. The van der Waals surface area contributed by atoms with Crippen molar-refractivity contribution in [3.63, 3.8) is 0 Å². The lowest BCUT2D eigenvalue weighted by Gasteiger charge is -2.23. The normalized spacial score (nSPS) is 11.1. The number of hydrogen-bond acceptors (Lipinski definition) is 0. The number of hydrogen-bond donors (Lipinski definition) is 0. The van der Waals surface area contributed by atoms with Crippen molar-refractivity contribution in [2.45, 2.75) is 20.8 Å². The first-order chi connectivity index (χ1) is 6.46. The van der Waals surface area contributed by atoms with Crippen LogP contribution < -0.4 is 0 Å². The molecule has 74 valence electrons. The van der Waals surface area contributed by atoms with E-state index in [0.717, 1.165) is 11.1 Å². The van der Waals surface area contributed by atoms with Crippen LogP contribution in [0.5, 0.6) is 0 Å². The van der Waals surface area contributed by atoms with E-state index in [0.29, 0.717) is 0 Å². The highest BCUT2D eigenvalue weighted by Gasteiger charge is 2.17. The van der Waals surface area contributed by atoms with Gasteiger partial charge in [0.15, 0.2) is 0 Å². The zero-order valence-corrected chi connectivity index (χ0v) is 9.30. The van der Waals surface area contributed by atoms with Gasteiger partial charge in [-0.05, 0) is 22.1 Å². The van der Waals surface area contributed by atoms with E-state index in [1.807, 2.05) is 18.2 Å². The Balaban J connectivity index is 3.19. The van der Waals surface area contributed by atoms with Gasteiger partial charge < -0.3 is 0 Å². The summed E-state index contributed by atoms with van der Waals surface area (Å²) < 4.78 is 0. The standard InChI is InChI=1S/C14H18/c1-6-12-9-7-8-10-13(12)11(2)14(3,4)5/h6-10H,1-2H2,3-5H3. The molecular formula is C14H18. The van der Waals surface area contributed by atoms with Crippen LogP contribution in [-0.4, -0.2) is 0 Å². The van der Waals surface area contributed by atoms with E-state index >= 15 is 0 Å². The van der Waals surface area contributed by atoms with E-state index in [4.69, 9.17) is 0 Å². The highest BCUT2D eigenvalue weighted by molar-refractivity contribution is 5.75. The van der Waals surface area contributed by atoms with Crippen LogP contribution in [0, 0.1) is 5.41 Å². The lowest BCUT2D eigenvalue weighted by Crippen LogP contribution is -2.08. The molecule has 14 heavy (non-hydrogen) atoms. The molecule has 0 heterocycles. The summed E-state index contributed by atoms with van der Waals surface area (Å²) >= 11 is 0. The third kappa shape index (κ3) is 2.14. The van der Waals surface area contributed by atoms with Crippen LogP contribution in [0.2, 0.25) is 0 Å². The summed E-state index contributed by atoms with van der Waals surface area (Å²) in [5.41, 5.74) is 3.63. The Morgan fingerprint density at radius 1 is 1.21 bits per heavy atom. The van der Waals surface area contributed by atoms with Crippen LogP contribution in [0.4, 0.5) is 0 Å². The quantitative estimate of drug-likeness (QED) is 0.642. The van der Waals surface area contributed by atoms with Gasteiger partial charge in [-0.25, -0.2) is 0 Å². The molecule has 0 fully saturated rings. The molecule has 0 radical (unpaired) electrons. The van der Waals surface area contributed by atoms with Crippen LogP contribution in [0.3, 0.4) is 0 Å². The number of allylic oxidation sites excluding steroid dienone is 1. The van der Waals surface area contributed by atoms with Crippen LogP contribution in [0.15, 0.2) is 37.4 Å². The van der Waals surface area contributed by atoms with E-state index in [2.05, 4.69) is 46.1 Å². The SMILES string of the molecule is C=Cc1ccccc1C(=C)C(C)(C)C. The average molecular weight is 186 g/mol. The molecule has 0 aliphatic carbocycles. The number of benzene rings is 1. The zero-order chi connectivity index (χ0) is 10.8. The van der Waals surface area contributed by atoms with Gasteiger partial charge in [0.05, 0.1) is 0 Å². The molecule has 0 spiro atoms. The van der Waals surface area contributed by atoms with Gasteiger partial charge in [0.25, 0.3) is 0 Å². The number of rotatable bonds is 2. The van der Waals surface area contributed by atoms with Crippen molar-refractivity contribution in [2.24, 2.45) is 5.41 Å². The zero-order valence-electron chi connectivity index (χ0n) is 9.30. The molecule has 1 aromatic carbocycles. The summed E-state index contributed by atoms with van der Waals surface area (Å²) in [7, 11) is 0. The van der Waals surface area contributed by atoms with Crippen molar-refractivity contribution in [3.8, 4) is 0 Å². The Bertz CT molecular complexity index is 351. The molecule has 0 atom stereocenters. The van der Waals surface area contributed by atoms with Crippen LogP contribution in [0.1, 0.15) is 31.9 Å². The van der Waals surface area contributed by atoms with Gasteiger partial charge in [0, 0.05) is 0 Å². The fraction of sp³-hybridized carbons (Fsp3) is 0.286. The van der Waals surface area contributed by atoms with E-state index < -0.39 is 0 Å². The Hall–Kier alpha value is -1.30. The van der Waals surface area contributed by atoms with Crippen molar-refractivity contribution in [3.05, 3.63) is 48.6 Å². The van der Waals surface area contributed by atoms with Gasteiger partial charge in [-0.1, -0.05) is 64.3 Å². The Morgan fingerprint density at radius 2 is 1.79 bits per heavy atom. The average Bonchev–Trinajstić information content (AvgIpc) is 2.15. The van der Waals surface area contributed by atoms with Gasteiger partial charge in [0.2, 0.25) is 0 Å². The van der Waals surface area contributed by atoms with E-state index in [1.54, 1.807) is 0 Å². The Labute approximate surface area is 87.0 Å². The van der Waals surface area contributed by atoms with E-state index in [9.17, 15) is 0 Å². The summed E-state index contributed by atoms with van der Waals surface area (Å²) in [6, 6.07) is 8.24. The fourth-order valence-corrected chi connectivity index (χ4v) is 1.35. The van der Waals surface area contributed by atoms with Crippen LogP contribution in [0.25, 0.3) is 11.6 Å². The molecule has 0 amide bonds. The lowest BCUT2D eigenvalue weighted by molar-refractivity contribution is 0.568. The predicted molar refractivity (Wildman–Crippen MR) is 65.0 cm³/mol. The second-order valence-corrected chi connectivity index (χ2v) is 4.52. The van der Waals surface area contributed by atoms with Gasteiger partial charge in [0.1, 0.15) is 0 Å². The first-order valence-electron chi connectivity index (χ1n) is 4.88. The van der Waals surface area contributed by atoms with Crippen LogP contribution in [-0.2, 0) is 0 Å². The molecule has 0 bridgehead atoms.